The van der Waals surface area contributed by atoms with Crippen molar-refractivity contribution in [2.75, 3.05) is 13.2 Å². The zero-order chi connectivity index (χ0) is 22.2. The van der Waals surface area contributed by atoms with E-state index in [-0.39, 0.29) is 24.6 Å². The lowest BCUT2D eigenvalue weighted by Crippen LogP contribution is -2.26. The SMILES string of the molecule is O=C(NCCO)c1cncc(Sc2nc3c4cc[nH]c(=O)c4c4cc(F)ccc4c3[nH]2)c1. The Hall–Kier alpha value is -3.76. The fraction of sp³-hybridized carbons (Fsp3) is 0.0909. The molecule has 0 unspecified atom stereocenters. The van der Waals surface area contributed by atoms with Gasteiger partial charge in [0.15, 0.2) is 5.16 Å². The first-order chi connectivity index (χ1) is 15.5. The van der Waals surface area contributed by atoms with Gasteiger partial charge in [0.25, 0.3) is 11.5 Å². The number of H-pyrrole nitrogens is 2. The number of imidazole rings is 1. The summed E-state index contributed by atoms with van der Waals surface area (Å²) in [5.74, 6) is -0.769. The van der Waals surface area contributed by atoms with Crippen LogP contribution in [0.3, 0.4) is 0 Å². The molecule has 5 rings (SSSR count). The molecule has 0 spiro atoms. The van der Waals surface area contributed by atoms with Crippen molar-refractivity contribution in [3.63, 3.8) is 0 Å². The summed E-state index contributed by atoms with van der Waals surface area (Å²) in [5, 5.41) is 14.2. The first-order valence-electron chi connectivity index (χ1n) is 9.69. The molecule has 0 saturated carbocycles. The normalized spacial score (nSPS) is 11.4. The third-order valence-electron chi connectivity index (χ3n) is 5.01. The number of aliphatic hydroxyl groups is 1. The van der Waals surface area contributed by atoms with E-state index in [9.17, 15) is 14.0 Å². The van der Waals surface area contributed by atoms with Gasteiger partial charge >= 0.3 is 0 Å². The molecule has 0 fully saturated rings. The van der Waals surface area contributed by atoms with Gasteiger partial charge in [-0.15, -0.1) is 0 Å². The molecular formula is C22H16FN5O3S. The average molecular weight is 449 g/mol. The van der Waals surface area contributed by atoms with Gasteiger partial charge in [0.2, 0.25) is 0 Å². The topological polar surface area (TPSA) is 124 Å². The molecule has 0 radical (unpaired) electrons. The number of fused-ring (bicyclic) bond motifs is 6. The molecule has 2 aromatic carbocycles. The van der Waals surface area contributed by atoms with Crippen molar-refractivity contribution in [2.24, 2.45) is 0 Å². The number of aromatic nitrogens is 4. The van der Waals surface area contributed by atoms with Crippen molar-refractivity contribution in [3.05, 3.63) is 70.7 Å². The number of carbonyl (C=O) groups is 1. The van der Waals surface area contributed by atoms with Crippen LogP contribution in [0.25, 0.3) is 32.6 Å². The lowest BCUT2D eigenvalue weighted by atomic mass is 10.0. The predicted octanol–water partition coefficient (Wildman–Crippen LogP) is 2.97. The minimum absolute atomic E-state index is 0.152. The maximum atomic E-state index is 14.0. The maximum absolute atomic E-state index is 14.0. The fourth-order valence-corrected chi connectivity index (χ4v) is 4.47. The Balaban J connectivity index is 1.63. The van der Waals surface area contributed by atoms with Crippen molar-refractivity contribution in [1.82, 2.24) is 25.3 Å². The second-order valence-electron chi connectivity index (χ2n) is 7.04. The van der Waals surface area contributed by atoms with E-state index < -0.39 is 5.82 Å². The molecule has 0 aliphatic heterocycles. The Bertz CT molecular complexity index is 1560. The van der Waals surface area contributed by atoms with Crippen LogP contribution in [-0.2, 0) is 0 Å². The quantitative estimate of drug-likeness (QED) is 0.306. The van der Waals surface area contributed by atoms with Crippen LogP contribution in [0.4, 0.5) is 4.39 Å². The largest absolute Gasteiger partial charge is 0.395 e. The number of amides is 1. The van der Waals surface area contributed by atoms with Crippen molar-refractivity contribution in [3.8, 4) is 0 Å². The molecule has 5 aromatic rings. The van der Waals surface area contributed by atoms with E-state index in [0.717, 1.165) is 0 Å². The number of benzene rings is 2. The van der Waals surface area contributed by atoms with Gasteiger partial charge < -0.3 is 20.4 Å². The number of hydrogen-bond acceptors (Lipinski definition) is 6. The van der Waals surface area contributed by atoms with Crippen LogP contribution in [0.2, 0.25) is 0 Å². The van der Waals surface area contributed by atoms with E-state index in [1.807, 2.05) is 0 Å². The highest BCUT2D eigenvalue weighted by atomic mass is 32.2. The summed E-state index contributed by atoms with van der Waals surface area (Å²) in [7, 11) is 0. The number of carbonyl (C=O) groups excluding carboxylic acids is 1. The summed E-state index contributed by atoms with van der Waals surface area (Å²) in [4.78, 5) is 40.0. The van der Waals surface area contributed by atoms with Crippen LogP contribution in [0.1, 0.15) is 10.4 Å². The molecule has 1 amide bonds. The molecular weight excluding hydrogens is 433 g/mol. The Labute approximate surface area is 183 Å². The zero-order valence-corrected chi connectivity index (χ0v) is 17.3. The second-order valence-corrected chi connectivity index (χ2v) is 8.10. The Morgan fingerprint density at radius 1 is 1.16 bits per heavy atom. The van der Waals surface area contributed by atoms with Gasteiger partial charge in [0, 0.05) is 46.2 Å². The molecule has 0 aliphatic carbocycles. The van der Waals surface area contributed by atoms with Crippen molar-refractivity contribution >= 4 is 50.2 Å². The van der Waals surface area contributed by atoms with Crippen LogP contribution in [0, 0.1) is 5.82 Å². The fourth-order valence-electron chi connectivity index (χ4n) is 3.66. The Morgan fingerprint density at radius 2 is 2.03 bits per heavy atom. The van der Waals surface area contributed by atoms with E-state index in [2.05, 4.69) is 25.3 Å². The molecule has 3 heterocycles. The van der Waals surface area contributed by atoms with E-state index >= 15 is 0 Å². The summed E-state index contributed by atoms with van der Waals surface area (Å²) in [6.45, 7) is 0.000884. The number of pyridine rings is 2. The minimum atomic E-state index is -0.433. The molecule has 3 aromatic heterocycles. The lowest BCUT2D eigenvalue weighted by Gasteiger charge is -2.05. The number of halogens is 1. The highest BCUT2D eigenvalue weighted by Gasteiger charge is 2.16. The molecule has 10 heteroatoms. The molecule has 160 valence electrons. The average Bonchev–Trinajstić information content (AvgIpc) is 3.21. The van der Waals surface area contributed by atoms with Crippen molar-refractivity contribution in [1.29, 1.82) is 0 Å². The maximum Gasteiger partial charge on any atom is 0.256 e. The van der Waals surface area contributed by atoms with Gasteiger partial charge in [-0.3, -0.25) is 14.6 Å². The minimum Gasteiger partial charge on any atom is -0.395 e. The summed E-state index contributed by atoms with van der Waals surface area (Å²) in [5.41, 5.74) is 1.32. The van der Waals surface area contributed by atoms with Gasteiger partial charge in [-0.2, -0.15) is 0 Å². The summed E-state index contributed by atoms with van der Waals surface area (Å²) >= 11 is 1.27. The molecule has 0 saturated heterocycles. The van der Waals surface area contributed by atoms with Crippen molar-refractivity contribution < 1.29 is 14.3 Å². The first kappa shape index (κ1) is 20.2. The number of nitrogens with one attached hydrogen (secondary N) is 3. The molecule has 8 nitrogen and oxygen atoms in total. The van der Waals surface area contributed by atoms with Crippen LogP contribution in [0.15, 0.2) is 63.8 Å². The van der Waals surface area contributed by atoms with E-state index in [0.29, 0.717) is 48.2 Å². The number of hydrogen-bond donors (Lipinski definition) is 4. The molecule has 4 N–H and O–H groups in total. The van der Waals surface area contributed by atoms with Crippen LogP contribution >= 0.6 is 11.8 Å². The highest BCUT2D eigenvalue weighted by molar-refractivity contribution is 7.99. The van der Waals surface area contributed by atoms with E-state index in [4.69, 9.17) is 5.11 Å². The summed E-state index contributed by atoms with van der Waals surface area (Å²) in [6, 6.07) is 7.73. The van der Waals surface area contributed by atoms with Gasteiger partial charge in [-0.05, 0) is 30.3 Å². The van der Waals surface area contributed by atoms with Crippen LogP contribution in [-0.4, -0.2) is 44.1 Å². The second kappa shape index (κ2) is 8.06. The Kier molecular flexibility index (Phi) is 5.08. The van der Waals surface area contributed by atoms with Crippen molar-refractivity contribution in [2.45, 2.75) is 10.1 Å². The van der Waals surface area contributed by atoms with Gasteiger partial charge in [-0.25, -0.2) is 9.37 Å². The highest BCUT2D eigenvalue weighted by Crippen LogP contribution is 2.35. The Morgan fingerprint density at radius 3 is 2.88 bits per heavy atom. The van der Waals surface area contributed by atoms with E-state index in [1.165, 1.54) is 36.3 Å². The number of aromatic amines is 2. The van der Waals surface area contributed by atoms with Gasteiger partial charge in [-0.1, -0.05) is 11.8 Å². The third-order valence-corrected chi connectivity index (χ3v) is 5.85. The summed E-state index contributed by atoms with van der Waals surface area (Å²) in [6.07, 6.45) is 4.59. The summed E-state index contributed by atoms with van der Waals surface area (Å²) < 4.78 is 14.0. The molecule has 0 atom stereocenters. The smallest absolute Gasteiger partial charge is 0.256 e. The molecule has 32 heavy (non-hydrogen) atoms. The predicted molar refractivity (Wildman–Crippen MR) is 119 cm³/mol. The van der Waals surface area contributed by atoms with Gasteiger partial charge in [0.1, 0.15) is 5.82 Å². The molecule has 0 aliphatic rings. The lowest BCUT2D eigenvalue weighted by molar-refractivity contribution is 0.0944. The molecule has 0 bridgehead atoms. The number of aliphatic hydroxyl groups excluding tert-OH is 1. The van der Waals surface area contributed by atoms with Gasteiger partial charge in [0.05, 0.1) is 28.6 Å². The first-order valence-corrected chi connectivity index (χ1v) is 10.5. The monoisotopic (exact) mass is 449 g/mol. The zero-order valence-electron chi connectivity index (χ0n) is 16.5. The third kappa shape index (κ3) is 3.49. The standard InChI is InChI=1S/C22H16FN5O3S/c23-12-1-2-14-16(8-12)17-15(3-4-25-21(17)31)19-18(14)27-22(28-19)32-13-7-11(9-24-10-13)20(30)26-5-6-29/h1-4,7-10,29H,5-6H2,(H,25,31)(H,26,30)(H,27,28). The van der Waals surface area contributed by atoms with E-state index in [1.54, 1.807) is 24.4 Å². The van der Waals surface area contributed by atoms with Crippen LogP contribution < -0.4 is 10.9 Å². The number of rotatable bonds is 5. The van der Waals surface area contributed by atoms with Crippen LogP contribution in [0.5, 0.6) is 0 Å². The number of nitrogens with zero attached hydrogens (tertiary/aromatic N) is 2.